The molecule has 0 aliphatic rings. The summed E-state index contributed by atoms with van der Waals surface area (Å²) in [5.74, 6) is -1.37. The number of fused-ring (bicyclic) bond motifs is 1. The second-order valence-corrected chi connectivity index (χ2v) is 3.79. The Morgan fingerprint density at radius 3 is 2.94 bits per heavy atom. The smallest absolute Gasteiger partial charge is 0.303 e. The zero-order valence-electron chi connectivity index (χ0n) is 9.64. The summed E-state index contributed by atoms with van der Waals surface area (Å²) in [4.78, 5) is 25.8. The Morgan fingerprint density at radius 1 is 1.44 bits per heavy atom. The Bertz CT molecular complexity index is 605. The molecule has 0 unspecified atom stereocenters. The van der Waals surface area contributed by atoms with Gasteiger partial charge in [-0.1, -0.05) is 5.16 Å². The van der Waals surface area contributed by atoms with Gasteiger partial charge in [0, 0.05) is 6.42 Å². The van der Waals surface area contributed by atoms with Crippen LogP contribution in [0.15, 0.2) is 16.8 Å². The minimum Gasteiger partial charge on any atom is -0.481 e. The first kappa shape index (κ1) is 12.0. The van der Waals surface area contributed by atoms with E-state index in [-0.39, 0.29) is 18.7 Å². The van der Waals surface area contributed by atoms with Gasteiger partial charge in [-0.15, -0.1) is 0 Å². The zero-order valence-corrected chi connectivity index (χ0v) is 9.64. The third kappa shape index (κ3) is 2.62. The molecule has 1 amide bonds. The van der Waals surface area contributed by atoms with E-state index in [2.05, 4.69) is 15.5 Å². The molecule has 2 rings (SSSR count). The van der Waals surface area contributed by atoms with Crippen molar-refractivity contribution in [1.82, 2.24) is 10.1 Å². The summed E-state index contributed by atoms with van der Waals surface area (Å²) in [6.45, 7) is 1.77. The monoisotopic (exact) mass is 249 g/mol. The third-order valence-corrected chi connectivity index (χ3v) is 2.36. The molecule has 94 valence electrons. The lowest BCUT2D eigenvalue weighted by Gasteiger charge is -2.03. The van der Waals surface area contributed by atoms with E-state index in [0.717, 1.165) is 0 Å². The fraction of sp³-hybridized carbons (Fsp3) is 0.273. The number of nitrogens with one attached hydrogen (secondary N) is 1. The van der Waals surface area contributed by atoms with Crippen molar-refractivity contribution >= 4 is 28.7 Å². The highest BCUT2D eigenvalue weighted by atomic mass is 16.5. The fourth-order valence-corrected chi connectivity index (χ4v) is 1.46. The van der Waals surface area contributed by atoms with E-state index in [0.29, 0.717) is 22.5 Å². The van der Waals surface area contributed by atoms with Gasteiger partial charge in [0.1, 0.15) is 0 Å². The quantitative estimate of drug-likeness (QED) is 0.846. The molecule has 2 N–H and O–H groups in total. The summed E-state index contributed by atoms with van der Waals surface area (Å²) in [6, 6.07) is 1.69. The van der Waals surface area contributed by atoms with Gasteiger partial charge in [-0.2, -0.15) is 0 Å². The van der Waals surface area contributed by atoms with Crippen LogP contribution in [0.2, 0.25) is 0 Å². The molecule has 0 aliphatic carbocycles. The molecule has 2 heterocycles. The fourth-order valence-electron chi connectivity index (χ4n) is 1.46. The van der Waals surface area contributed by atoms with E-state index in [4.69, 9.17) is 9.63 Å². The predicted molar refractivity (Wildman–Crippen MR) is 62.0 cm³/mol. The van der Waals surface area contributed by atoms with E-state index in [1.807, 2.05) is 0 Å². The van der Waals surface area contributed by atoms with Crippen molar-refractivity contribution in [3.05, 3.63) is 18.0 Å². The lowest BCUT2D eigenvalue weighted by molar-refractivity contribution is -0.138. The maximum Gasteiger partial charge on any atom is 0.303 e. The molecule has 18 heavy (non-hydrogen) atoms. The highest BCUT2D eigenvalue weighted by molar-refractivity contribution is 5.94. The average Bonchev–Trinajstić information content (AvgIpc) is 2.69. The van der Waals surface area contributed by atoms with E-state index in [9.17, 15) is 9.59 Å². The van der Waals surface area contributed by atoms with Crippen LogP contribution >= 0.6 is 0 Å². The maximum atomic E-state index is 11.4. The largest absolute Gasteiger partial charge is 0.481 e. The molecular weight excluding hydrogens is 238 g/mol. The van der Waals surface area contributed by atoms with Crippen LogP contribution in [0.3, 0.4) is 0 Å². The summed E-state index contributed by atoms with van der Waals surface area (Å²) in [6.07, 6.45) is 1.16. The summed E-state index contributed by atoms with van der Waals surface area (Å²) in [5, 5.41) is 15.5. The molecule has 0 aliphatic heterocycles. The summed E-state index contributed by atoms with van der Waals surface area (Å²) >= 11 is 0. The van der Waals surface area contributed by atoms with Gasteiger partial charge < -0.3 is 14.9 Å². The lowest BCUT2D eigenvalue weighted by atomic mass is 10.2. The Hall–Kier alpha value is -2.44. The molecule has 0 fully saturated rings. The minimum absolute atomic E-state index is 0.0734. The highest BCUT2D eigenvalue weighted by Gasteiger charge is 2.09. The number of aromatic nitrogens is 2. The number of hydrogen-bond donors (Lipinski definition) is 2. The molecule has 0 saturated heterocycles. The number of rotatable bonds is 4. The minimum atomic E-state index is -1.01. The third-order valence-electron chi connectivity index (χ3n) is 2.36. The predicted octanol–water partition coefficient (Wildman–Crippen LogP) is 1.33. The second-order valence-electron chi connectivity index (χ2n) is 3.79. The number of hydrogen-bond acceptors (Lipinski definition) is 5. The van der Waals surface area contributed by atoms with Crippen LogP contribution in [0.1, 0.15) is 18.5 Å². The van der Waals surface area contributed by atoms with Crippen molar-refractivity contribution in [2.24, 2.45) is 0 Å². The molecule has 0 radical (unpaired) electrons. The van der Waals surface area contributed by atoms with Crippen LogP contribution in [-0.2, 0) is 9.59 Å². The Balaban J connectivity index is 2.09. The number of amides is 1. The van der Waals surface area contributed by atoms with Crippen molar-refractivity contribution in [2.45, 2.75) is 19.8 Å². The lowest BCUT2D eigenvalue weighted by Crippen LogP contribution is -2.13. The zero-order chi connectivity index (χ0) is 13.1. The van der Waals surface area contributed by atoms with E-state index < -0.39 is 5.97 Å². The number of aliphatic carboxylic acids is 1. The summed E-state index contributed by atoms with van der Waals surface area (Å²) < 4.78 is 4.94. The molecule has 0 aromatic carbocycles. The molecule has 0 bridgehead atoms. The van der Waals surface area contributed by atoms with E-state index in [1.165, 1.54) is 6.20 Å². The second kappa shape index (κ2) is 4.82. The van der Waals surface area contributed by atoms with Crippen LogP contribution < -0.4 is 5.32 Å². The highest BCUT2D eigenvalue weighted by Crippen LogP contribution is 2.19. The van der Waals surface area contributed by atoms with Crippen molar-refractivity contribution in [3.8, 4) is 0 Å². The first-order valence-electron chi connectivity index (χ1n) is 5.30. The van der Waals surface area contributed by atoms with E-state index in [1.54, 1.807) is 13.0 Å². The number of pyridine rings is 1. The number of carbonyl (C=O) groups excluding carboxylic acids is 1. The van der Waals surface area contributed by atoms with Gasteiger partial charge in [-0.05, 0) is 13.0 Å². The molecule has 2 aromatic rings. The Kier molecular flexibility index (Phi) is 3.22. The number of anilines is 1. The average molecular weight is 249 g/mol. The number of carbonyl (C=O) groups is 2. The van der Waals surface area contributed by atoms with Crippen LogP contribution in [0.5, 0.6) is 0 Å². The Labute approximate surface area is 102 Å². The molecule has 0 atom stereocenters. The number of nitrogens with zero attached hydrogens (tertiary/aromatic N) is 2. The molecule has 0 saturated carbocycles. The number of carboxylic acids is 1. The number of aryl methyl sites for hydroxylation is 1. The molecular formula is C11H11N3O4. The van der Waals surface area contributed by atoms with Crippen LogP contribution in [0.25, 0.3) is 11.1 Å². The molecule has 2 aromatic heterocycles. The van der Waals surface area contributed by atoms with Gasteiger partial charge in [0.15, 0.2) is 0 Å². The van der Waals surface area contributed by atoms with Gasteiger partial charge in [0.25, 0.3) is 5.71 Å². The topological polar surface area (TPSA) is 105 Å². The van der Waals surface area contributed by atoms with Gasteiger partial charge in [-0.25, -0.2) is 4.98 Å². The first-order chi connectivity index (χ1) is 8.56. The van der Waals surface area contributed by atoms with Crippen LogP contribution in [0.4, 0.5) is 5.69 Å². The van der Waals surface area contributed by atoms with Gasteiger partial charge in [0.2, 0.25) is 5.91 Å². The molecule has 7 heteroatoms. The molecule has 7 nitrogen and oxygen atoms in total. The summed E-state index contributed by atoms with van der Waals surface area (Å²) in [7, 11) is 0. The van der Waals surface area contributed by atoms with Crippen LogP contribution in [-0.4, -0.2) is 27.1 Å². The first-order valence-corrected chi connectivity index (χ1v) is 5.30. The van der Waals surface area contributed by atoms with E-state index >= 15 is 0 Å². The normalized spacial score (nSPS) is 10.5. The van der Waals surface area contributed by atoms with Gasteiger partial charge in [0.05, 0.1) is 29.4 Å². The van der Waals surface area contributed by atoms with Crippen molar-refractivity contribution in [3.63, 3.8) is 0 Å². The summed E-state index contributed by atoms with van der Waals surface area (Å²) in [5.41, 5.74) is 1.57. The number of carboxylic acid groups (broad SMARTS) is 1. The standard InChI is InChI=1S/C11H11N3O4/c1-6-8-4-7(5-12-11(8)18-14-6)13-9(15)2-3-10(16)17/h4-5H,2-3H2,1H3,(H,13,15)(H,16,17). The van der Waals surface area contributed by atoms with Crippen molar-refractivity contribution in [1.29, 1.82) is 0 Å². The maximum absolute atomic E-state index is 11.4. The SMILES string of the molecule is Cc1noc2ncc(NC(=O)CCC(=O)O)cc12. The van der Waals surface area contributed by atoms with Gasteiger partial charge >= 0.3 is 5.97 Å². The van der Waals surface area contributed by atoms with Crippen LogP contribution in [0, 0.1) is 6.92 Å². The van der Waals surface area contributed by atoms with Crippen molar-refractivity contribution < 1.29 is 19.2 Å². The Morgan fingerprint density at radius 2 is 2.22 bits per heavy atom. The molecule has 0 spiro atoms. The van der Waals surface area contributed by atoms with Gasteiger partial charge in [-0.3, -0.25) is 9.59 Å². The van der Waals surface area contributed by atoms with Crippen molar-refractivity contribution in [2.75, 3.05) is 5.32 Å².